The minimum Gasteiger partial charge on any atom is -0.395 e. The number of carbonyl (C=O) groups excluding carboxylic acids is 1. The number of aliphatic hydroxyl groups is 1. The first-order chi connectivity index (χ1) is 10.2. The van der Waals surface area contributed by atoms with Crippen molar-refractivity contribution in [1.29, 1.82) is 0 Å². The van der Waals surface area contributed by atoms with Crippen LogP contribution < -0.4 is 10.6 Å². The molecule has 5 heteroatoms. The van der Waals surface area contributed by atoms with Crippen molar-refractivity contribution in [3.8, 4) is 0 Å². The highest BCUT2D eigenvalue weighted by molar-refractivity contribution is 5.94. The smallest absolute Gasteiger partial charge is 0.251 e. The highest BCUT2D eigenvalue weighted by Gasteiger charge is 2.24. The van der Waals surface area contributed by atoms with Crippen LogP contribution in [0.5, 0.6) is 0 Å². The normalized spacial score (nSPS) is 21.8. The zero-order valence-corrected chi connectivity index (χ0v) is 12.5. The molecule has 5 nitrogen and oxygen atoms in total. The lowest BCUT2D eigenvalue weighted by atomic mass is 9.92. The first-order valence-corrected chi connectivity index (χ1v) is 7.53. The van der Waals surface area contributed by atoms with E-state index in [1.165, 1.54) is 12.8 Å². The summed E-state index contributed by atoms with van der Waals surface area (Å²) in [4.78, 5) is 11.7. The summed E-state index contributed by atoms with van der Waals surface area (Å²) in [6.07, 6.45) is 4.90. The molecule has 0 aliphatic heterocycles. The Kier molecular flexibility index (Phi) is 6.02. The Labute approximate surface area is 125 Å². The number of hydrogen-bond donors (Lipinski definition) is 3. The van der Waals surface area contributed by atoms with Crippen molar-refractivity contribution in [2.45, 2.75) is 37.8 Å². The Morgan fingerprint density at radius 3 is 2.67 bits per heavy atom. The van der Waals surface area contributed by atoms with Crippen LogP contribution in [0.4, 0.5) is 5.69 Å². The summed E-state index contributed by atoms with van der Waals surface area (Å²) in [7, 11) is 1.76. The van der Waals surface area contributed by atoms with Gasteiger partial charge in [0.15, 0.2) is 0 Å². The molecule has 21 heavy (non-hydrogen) atoms. The minimum atomic E-state index is -0.164. The number of hydrogen-bond acceptors (Lipinski definition) is 4. The molecule has 0 saturated heterocycles. The van der Waals surface area contributed by atoms with E-state index in [0.29, 0.717) is 11.6 Å². The highest BCUT2D eigenvalue weighted by atomic mass is 16.5. The van der Waals surface area contributed by atoms with Crippen LogP contribution in [0.15, 0.2) is 24.3 Å². The maximum Gasteiger partial charge on any atom is 0.251 e. The van der Waals surface area contributed by atoms with Gasteiger partial charge in [-0.3, -0.25) is 4.79 Å². The number of carbonyl (C=O) groups is 1. The van der Waals surface area contributed by atoms with Crippen LogP contribution in [-0.4, -0.2) is 43.4 Å². The fraction of sp³-hybridized carbons (Fsp3) is 0.562. The highest BCUT2D eigenvalue weighted by Crippen LogP contribution is 2.24. The topological polar surface area (TPSA) is 70.6 Å². The molecule has 0 heterocycles. The van der Waals surface area contributed by atoms with Gasteiger partial charge in [0, 0.05) is 24.9 Å². The van der Waals surface area contributed by atoms with Crippen molar-refractivity contribution < 1.29 is 14.6 Å². The molecule has 0 radical (unpaired) electrons. The quantitative estimate of drug-likeness (QED) is 0.747. The maximum atomic E-state index is 11.7. The van der Waals surface area contributed by atoms with Crippen LogP contribution in [0, 0.1) is 0 Å². The summed E-state index contributed by atoms with van der Waals surface area (Å²) in [5.74, 6) is -0.164. The van der Waals surface area contributed by atoms with Gasteiger partial charge in [-0.1, -0.05) is 12.8 Å². The number of nitrogens with one attached hydrogen (secondary N) is 2. The number of methoxy groups -OCH3 is 1. The third-order valence-corrected chi connectivity index (χ3v) is 3.90. The summed E-state index contributed by atoms with van der Waals surface area (Å²) in [6, 6.07) is 7.74. The second kappa shape index (κ2) is 8.00. The van der Waals surface area contributed by atoms with Gasteiger partial charge in [0.2, 0.25) is 0 Å². The molecule has 2 atom stereocenters. The van der Waals surface area contributed by atoms with Gasteiger partial charge < -0.3 is 20.5 Å². The summed E-state index contributed by atoms with van der Waals surface area (Å²) in [5.41, 5.74) is 1.60. The number of anilines is 1. The maximum absolute atomic E-state index is 11.7. The van der Waals surface area contributed by atoms with Gasteiger partial charge in [-0.15, -0.1) is 0 Å². The van der Waals surface area contributed by atoms with E-state index < -0.39 is 0 Å². The van der Waals surface area contributed by atoms with Crippen molar-refractivity contribution in [1.82, 2.24) is 5.32 Å². The molecular formula is C16H24N2O3. The third kappa shape index (κ3) is 4.44. The average molecular weight is 292 g/mol. The Hall–Kier alpha value is -1.59. The standard InChI is InChI=1S/C16H24N2O3/c1-21-15-5-3-2-4-14(15)18-13-8-6-12(7-9-13)16(20)17-10-11-19/h6-9,14-15,18-19H,2-5,10-11H2,1H3,(H,17,20). The molecule has 2 rings (SSSR count). The van der Waals surface area contributed by atoms with Gasteiger partial charge in [0.25, 0.3) is 5.91 Å². The molecule has 1 aromatic carbocycles. The van der Waals surface area contributed by atoms with Gasteiger partial charge >= 0.3 is 0 Å². The molecule has 3 N–H and O–H groups in total. The second-order valence-electron chi connectivity index (χ2n) is 5.37. The average Bonchev–Trinajstić information content (AvgIpc) is 2.54. The lowest BCUT2D eigenvalue weighted by Gasteiger charge is -2.31. The van der Waals surface area contributed by atoms with E-state index in [1.54, 1.807) is 19.2 Å². The monoisotopic (exact) mass is 292 g/mol. The van der Waals surface area contributed by atoms with E-state index in [4.69, 9.17) is 9.84 Å². The molecular weight excluding hydrogens is 268 g/mol. The van der Waals surface area contributed by atoms with Crippen molar-refractivity contribution in [3.63, 3.8) is 0 Å². The Balaban J connectivity index is 1.94. The lowest BCUT2D eigenvalue weighted by Crippen LogP contribution is -2.37. The molecule has 116 valence electrons. The molecule has 1 amide bonds. The molecule has 1 aliphatic carbocycles. The number of aliphatic hydroxyl groups excluding tert-OH is 1. The van der Waals surface area contributed by atoms with Crippen LogP contribution in [0.1, 0.15) is 36.0 Å². The van der Waals surface area contributed by atoms with E-state index in [-0.39, 0.29) is 25.2 Å². The van der Waals surface area contributed by atoms with E-state index in [1.807, 2.05) is 12.1 Å². The van der Waals surface area contributed by atoms with Crippen molar-refractivity contribution >= 4 is 11.6 Å². The number of amides is 1. The Morgan fingerprint density at radius 2 is 2.00 bits per heavy atom. The van der Waals surface area contributed by atoms with Crippen molar-refractivity contribution in [3.05, 3.63) is 29.8 Å². The SMILES string of the molecule is COC1CCCCC1Nc1ccc(C(=O)NCCO)cc1. The van der Waals surface area contributed by atoms with Crippen molar-refractivity contribution in [2.75, 3.05) is 25.6 Å². The van der Waals surface area contributed by atoms with Crippen LogP contribution >= 0.6 is 0 Å². The van der Waals surface area contributed by atoms with Gasteiger partial charge in [0.05, 0.1) is 18.8 Å². The summed E-state index contributed by atoms with van der Waals surface area (Å²) in [6.45, 7) is 0.224. The number of ether oxygens (including phenoxy) is 1. The zero-order valence-electron chi connectivity index (χ0n) is 12.5. The number of benzene rings is 1. The van der Waals surface area contributed by atoms with Gasteiger partial charge in [0.1, 0.15) is 0 Å². The van der Waals surface area contributed by atoms with Crippen LogP contribution in [0.25, 0.3) is 0 Å². The minimum absolute atomic E-state index is 0.0501. The van der Waals surface area contributed by atoms with E-state index in [2.05, 4.69) is 10.6 Å². The first-order valence-electron chi connectivity index (χ1n) is 7.53. The first kappa shape index (κ1) is 15.8. The van der Waals surface area contributed by atoms with Crippen molar-refractivity contribution in [2.24, 2.45) is 0 Å². The fourth-order valence-corrected chi connectivity index (χ4v) is 2.75. The van der Waals surface area contributed by atoms with Gasteiger partial charge in [-0.05, 0) is 37.1 Å². The molecule has 0 bridgehead atoms. The van der Waals surface area contributed by atoms with E-state index in [9.17, 15) is 4.79 Å². The number of rotatable bonds is 6. The molecule has 0 spiro atoms. The molecule has 1 aromatic rings. The molecule has 2 unspecified atom stereocenters. The zero-order chi connectivity index (χ0) is 15.1. The summed E-state index contributed by atoms with van der Waals surface area (Å²) < 4.78 is 5.53. The lowest BCUT2D eigenvalue weighted by molar-refractivity contribution is 0.0606. The van der Waals surface area contributed by atoms with Gasteiger partial charge in [-0.2, -0.15) is 0 Å². The van der Waals surface area contributed by atoms with E-state index in [0.717, 1.165) is 18.5 Å². The molecule has 1 fully saturated rings. The fourth-order valence-electron chi connectivity index (χ4n) is 2.75. The summed E-state index contributed by atoms with van der Waals surface area (Å²) in [5, 5.41) is 14.8. The van der Waals surface area contributed by atoms with Crippen LogP contribution in [0.2, 0.25) is 0 Å². The molecule has 1 aliphatic rings. The predicted octanol–water partition coefficient (Wildman–Crippen LogP) is 1.78. The summed E-state index contributed by atoms with van der Waals surface area (Å²) >= 11 is 0. The second-order valence-corrected chi connectivity index (χ2v) is 5.37. The van der Waals surface area contributed by atoms with Crippen LogP contribution in [0.3, 0.4) is 0 Å². The molecule has 1 saturated carbocycles. The Bertz CT molecular complexity index is 447. The van der Waals surface area contributed by atoms with Gasteiger partial charge in [-0.25, -0.2) is 0 Å². The third-order valence-electron chi connectivity index (χ3n) is 3.90. The van der Waals surface area contributed by atoms with E-state index >= 15 is 0 Å². The Morgan fingerprint density at radius 1 is 1.29 bits per heavy atom. The predicted molar refractivity (Wildman–Crippen MR) is 82.5 cm³/mol. The molecule has 0 aromatic heterocycles. The van der Waals surface area contributed by atoms with Crippen LogP contribution in [-0.2, 0) is 4.74 Å². The largest absolute Gasteiger partial charge is 0.395 e.